The van der Waals surface area contributed by atoms with Gasteiger partial charge in [0.15, 0.2) is 5.78 Å². The number of ketones is 2. The van der Waals surface area contributed by atoms with Crippen molar-refractivity contribution in [1.29, 1.82) is 0 Å². The highest BCUT2D eigenvalue weighted by atomic mass is 32.1. The normalized spacial score (nSPS) is 14.0. The zero-order valence-electron chi connectivity index (χ0n) is 16.7. The van der Waals surface area contributed by atoms with E-state index in [9.17, 15) is 14.4 Å². The van der Waals surface area contributed by atoms with E-state index in [-0.39, 0.29) is 41.0 Å². The van der Waals surface area contributed by atoms with Crippen molar-refractivity contribution in [2.45, 2.75) is 92.0 Å². The van der Waals surface area contributed by atoms with Gasteiger partial charge in [-0.15, -0.1) is 0 Å². The smallest absolute Gasteiger partial charge is 0.224 e. The van der Waals surface area contributed by atoms with Gasteiger partial charge in [-0.1, -0.05) is 66.7 Å². The van der Waals surface area contributed by atoms with Crippen molar-refractivity contribution in [2.24, 2.45) is 11.3 Å². The van der Waals surface area contributed by atoms with E-state index >= 15 is 0 Å². The van der Waals surface area contributed by atoms with Gasteiger partial charge in [0, 0.05) is 24.5 Å². The first-order chi connectivity index (χ1) is 11.7. The molecule has 0 radical (unpaired) electrons. The molecular weight excluding hydrogens is 334 g/mol. The molecule has 0 saturated heterocycles. The number of rotatable bonds is 13. The number of hydrogen-bond donors (Lipinski definition) is 2. The minimum atomic E-state index is -0.515. The Kier molecular flexibility index (Phi) is 12.1. The number of nitrogens with one attached hydrogen (secondary N) is 1. The first-order valence-corrected chi connectivity index (χ1v) is 10.3. The van der Waals surface area contributed by atoms with Crippen molar-refractivity contribution >= 4 is 30.1 Å². The molecule has 0 aromatic carbocycles. The predicted octanol–water partition coefficient (Wildman–Crippen LogP) is 4.36. The van der Waals surface area contributed by atoms with Gasteiger partial charge in [0.05, 0.1) is 6.04 Å². The number of amides is 1. The molecule has 0 aromatic rings. The third-order valence-corrected chi connectivity index (χ3v) is 4.85. The Bertz CT molecular complexity index is 429. The zero-order chi connectivity index (χ0) is 19.5. The number of thiol groups is 1. The molecule has 0 saturated carbocycles. The van der Waals surface area contributed by atoms with Gasteiger partial charge in [-0.3, -0.25) is 14.4 Å². The van der Waals surface area contributed by atoms with Gasteiger partial charge < -0.3 is 5.32 Å². The van der Waals surface area contributed by atoms with Crippen LogP contribution in [0.3, 0.4) is 0 Å². The molecule has 1 amide bonds. The minimum absolute atomic E-state index is 0.0221. The first-order valence-electron chi connectivity index (χ1n) is 9.62. The number of carbonyl (C=O) groups is 3. The molecule has 0 aromatic heterocycles. The highest BCUT2D eigenvalue weighted by Gasteiger charge is 2.33. The molecule has 146 valence electrons. The van der Waals surface area contributed by atoms with E-state index in [1.165, 1.54) is 12.8 Å². The van der Waals surface area contributed by atoms with E-state index in [2.05, 4.69) is 24.9 Å². The van der Waals surface area contributed by atoms with Crippen molar-refractivity contribution in [3.63, 3.8) is 0 Å². The van der Waals surface area contributed by atoms with Gasteiger partial charge in [0.2, 0.25) is 5.91 Å². The quantitative estimate of drug-likeness (QED) is 0.373. The molecule has 4 nitrogen and oxygen atoms in total. The summed E-state index contributed by atoms with van der Waals surface area (Å²) in [4.78, 5) is 36.8. The first kappa shape index (κ1) is 24.2. The average molecular weight is 372 g/mol. The van der Waals surface area contributed by atoms with Crippen molar-refractivity contribution < 1.29 is 14.4 Å². The van der Waals surface area contributed by atoms with Gasteiger partial charge in [0.1, 0.15) is 5.78 Å². The summed E-state index contributed by atoms with van der Waals surface area (Å²) in [6, 6.07) is -0.515. The fraction of sp³-hybridized carbons (Fsp3) is 0.850. The molecule has 0 unspecified atom stereocenters. The monoisotopic (exact) mass is 371 g/mol. The van der Waals surface area contributed by atoms with Crippen LogP contribution < -0.4 is 5.32 Å². The van der Waals surface area contributed by atoms with E-state index in [0.29, 0.717) is 12.8 Å². The van der Waals surface area contributed by atoms with Crippen LogP contribution in [0.4, 0.5) is 0 Å². The number of unbranched alkanes of at least 4 members (excludes halogenated alkanes) is 4. The van der Waals surface area contributed by atoms with Gasteiger partial charge >= 0.3 is 0 Å². The molecule has 0 bridgehead atoms. The van der Waals surface area contributed by atoms with E-state index < -0.39 is 6.04 Å². The molecule has 1 N–H and O–H groups in total. The fourth-order valence-corrected chi connectivity index (χ4v) is 3.03. The summed E-state index contributed by atoms with van der Waals surface area (Å²) >= 11 is 4.02. The molecule has 5 heteroatoms. The van der Waals surface area contributed by atoms with Crippen molar-refractivity contribution in [1.82, 2.24) is 5.32 Å². The standard InChI is InChI=1S/C20H37NO3S/c1-6-8-9-10-11-12-15(13-16(22)14-25)19(24)21-18(17(23)7-2)20(3,4)5/h15,18,25H,6-14H2,1-5H3,(H,21,24)/t15-,18-/m1/s1. The lowest BCUT2D eigenvalue weighted by Gasteiger charge is -2.31. The summed E-state index contributed by atoms with van der Waals surface area (Å²) in [5.74, 6) is -0.381. The third-order valence-electron chi connectivity index (χ3n) is 4.50. The number of hydrogen-bond acceptors (Lipinski definition) is 4. The Morgan fingerprint density at radius 1 is 1.00 bits per heavy atom. The van der Waals surface area contributed by atoms with Crippen molar-refractivity contribution in [3.8, 4) is 0 Å². The minimum Gasteiger partial charge on any atom is -0.346 e. The second kappa shape index (κ2) is 12.5. The van der Waals surface area contributed by atoms with Crippen LogP contribution in [-0.2, 0) is 14.4 Å². The lowest BCUT2D eigenvalue weighted by molar-refractivity contribution is -0.134. The zero-order valence-corrected chi connectivity index (χ0v) is 17.6. The molecule has 0 aliphatic carbocycles. The third kappa shape index (κ3) is 10.0. The van der Waals surface area contributed by atoms with Crippen LogP contribution in [0.15, 0.2) is 0 Å². The van der Waals surface area contributed by atoms with E-state index in [4.69, 9.17) is 0 Å². The maximum Gasteiger partial charge on any atom is 0.224 e. The summed E-state index contributed by atoms with van der Waals surface area (Å²) in [6.07, 6.45) is 6.82. The molecule has 0 fully saturated rings. The maximum atomic E-state index is 12.8. The highest BCUT2D eigenvalue weighted by Crippen LogP contribution is 2.23. The Labute approximate surface area is 159 Å². The molecule has 0 aliphatic rings. The Morgan fingerprint density at radius 3 is 2.08 bits per heavy atom. The van der Waals surface area contributed by atoms with Gasteiger partial charge in [-0.2, -0.15) is 12.6 Å². The molecule has 25 heavy (non-hydrogen) atoms. The topological polar surface area (TPSA) is 63.2 Å². The summed E-state index contributed by atoms with van der Waals surface area (Å²) in [6.45, 7) is 9.82. The second-order valence-electron chi connectivity index (χ2n) is 7.93. The molecule has 0 spiro atoms. The van der Waals surface area contributed by atoms with E-state index in [1.54, 1.807) is 0 Å². The second-order valence-corrected chi connectivity index (χ2v) is 8.24. The van der Waals surface area contributed by atoms with Crippen LogP contribution >= 0.6 is 12.6 Å². The van der Waals surface area contributed by atoms with Crippen LogP contribution in [0.25, 0.3) is 0 Å². The van der Waals surface area contributed by atoms with Crippen molar-refractivity contribution in [2.75, 3.05) is 5.75 Å². The number of carbonyl (C=O) groups excluding carboxylic acids is 3. The summed E-state index contributed by atoms with van der Waals surface area (Å²) in [5.41, 5.74) is -0.345. The van der Waals surface area contributed by atoms with E-state index in [0.717, 1.165) is 19.3 Å². The van der Waals surface area contributed by atoms with Gasteiger partial charge in [-0.25, -0.2) is 0 Å². The Morgan fingerprint density at radius 2 is 1.60 bits per heavy atom. The van der Waals surface area contributed by atoms with Crippen LogP contribution in [0, 0.1) is 11.3 Å². The molecule has 0 heterocycles. The predicted molar refractivity (Wildman–Crippen MR) is 107 cm³/mol. The Hall–Kier alpha value is -0.840. The largest absolute Gasteiger partial charge is 0.346 e. The number of Topliss-reactive ketones (excluding diaryl/α,β-unsaturated/α-hetero) is 2. The van der Waals surface area contributed by atoms with Crippen LogP contribution in [0.2, 0.25) is 0 Å². The molecule has 0 aliphatic heterocycles. The van der Waals surface area contributed by atoms with Crippen LogP contribution in [0.1, 0.15) is 86.0 Å². The van der Waals surface area contributed by atoms with Crippen LogP contribution in [0.5, 0.6) is 0 Å². The van der Waals surface area contributed by atoms with Gasteiger partial charge in [-0.05, 0) is 11.8 Å². The average Bonchev–Trinajstić information content (AvgIpc) is 2.56. The SMILES string of the molecule is CCCCCCC[C@H](CC(=O)CS)C(=O)N[C@H](C(=O)CC)C(C)(C)C. The van der Waals surface area contributed by atoms with Crippen LogP contribution in [-0.4, -0.2) is 29.3 Å². The molecule has 2 atom stereocenters. The lowest BCUT2D eigenvalue weighted by Crippen LogP contribution is -2.50. The summed E-state index contributed by atoms with van der Waals surface area (Å²) in [7, 11) is 0. The summed E-state index contributed by atoms with van der Waals surface area (Å²) in [5, 5.41) is 2.92. The van der Waals surface area contributed by atoms with Crippen molar-refractivity contribution in [3.05, 3.63) is 0 Å². The fourth-order valence-electron chi connectivity index (χ4n) is 2.90. The van der Waals surface area contributed by atoms with Gasteiger partial charge in [0.25, 0.3) is 0 Å². The van der Waals surface area contributed by atoms with E-state index in [1.807, 2.05) is 27.7 Å². The summed E-state index contributed by atoms with van der Waals surface area (Å²) < 4.78 is 0. The Balaban J connectivity index is 4.92. The lowest BCUT2D eigenvalue weighted by atomic mass is 9.82. The maximum absolute atomic E-state index is 12.8. The molecule has 0 rings (SSSR count). The molecular formula is C20H37NO3S. The highest BCUT2D eigenvalue weighted by molar-refractivity contribution is 7.81.